The number of carbonyl (C=O) groups is 1. The number of benzene rings is 1. The topological polar surface area (TPSA) is 138 Å². The first-order chi connectivity index (χ1) is 18.8. The highest BCUT2D eigenvalue weighted by Crippen LogP contribution is 2.29. The van der Waals surface area contributed by atoms with Crippen LogP contribution in [0.4, 0.5) is 14.7 Å². The zero-order valence-corrected chi connectivity index (χ0v) is 21.3. The molecule has 1 aliphatic heterocycles. The number of anilines is 1. The number of nitrogens with one attached hydrogen (secondary N) is 1. The number of hydrogen-bond donors (Lipinski definition) is 1. The molecule has 39 heavy (non-hydrogen) atoms. The zero-order valence-electron chi connectivity index (χ0n) is 21.3. The van der Waals surface area contributed by atoms with Crippen LogP contribution in [-0.4, -0.2) is 79.1 Å². The Morgan fingerprint density at radius 1 is 1.21 bits per heavy atom. The normalized spacial score (nSPS) is 14.5. The Morgan fingerprint density at radius 2 is 2.03 bits per heavy atom. The van der Waals surface area contributed by atoms with Gasteiger partial charge in [0.15, 0.2) is 0 Å². The van der Waals surface area contributed by atoms with E-state index < -0.39 is 12.5 Å². The monoisotopic (exact) mass is 540 g/mol. The molecule has 1 amide bonds. The Kier molecular flexibility index (Phi) is 7.40. The lowest BCUT2D eigenvalue weighted by Gasteiger charge is -2.15. The minimum Gasteiger partial charge on any atom is -0.497 e. The summed E-state index contributed by atoms with van der Waals surface area (Å²) in [7, 11) is 3.08. The fourth-order valence-electron chi connectivity index (χ4n) is 4.26. The van der Waals surface area contributed by atoms with Crippen molar-refractivity contribution in [1.29, 1.82) is 0 Å². The van der Waals surface area contributed by atoms with Gasteiger partial charge in [-0.2, -0.15) is 5.10 Å². The van der Waals surface area contributed by atoms with Crippen molar-refractivity contribution in [2.24, 2.45) is 0 Å². The number of carbonyl (C=O) groups excluding carboxylic acids is 1. The number of nitrogens with zero attached hydrogens (tertiary/aromatic N) is 9. The third-order valence-electron chi connectivity index (χ3n) is 6.17. The third kappa shape index (κ3) is 5.98. The second kappa shape index (κ2) is 11.1. The number of tetrazole rings is 1. The van der Waals surface area contributed by atoms with Crippen LogP contribution >= 0.6 is 0 Å². The van der Waals surface area contributed by atoms with Gasteiger partial charge in [0.25, 0.3) is 11.8 Å². The van der Waals surface area contributed by atoms with Crippen molar-refractivity contribution in [2.75, 3.05) is 32.2 Å². The molecule has 0 bridgehead atoms. The number of hydrogen-bond acceptors (Lipinski definition) is 10. The van der Waals surface area contributed by atoms with Gasteiger partial charge in [-0.3, -0.25) is 9.48 Å². The van der Waals surface area contributed by atoms with E-state index in [0.29, 0.717) is 28.3 Å². The van der Waals surface area contributed by atoms with E-state index in [2.05, 4.69) is 35.9 Å². The first kappa shape index (κ1) is 26.1. The molecule has 1 aromatic carbocycles. The molecular weight excluding hydrogens is 514 g/mol. The van der Waals surface area contributed by atoms with E-state index >= 15 is 0 Å². The average molecular weight is 541 g/mol. The molecule has 13 nitrogen and oxygen atoms in total. The van der Waals surface area contributed by atoms with Crippen LogP contribution in [0, 0.1) is 0 Å². The van der Waals surface area contributed by atoms with Gasteiger partial charge in [0.1, 0.15) is 17.8 Å². The van der Waals surface area contributed by atoms with Gasteiger partial charge in [0, 0.05) is 56.3 Å². The summed E-state index contributed by atoms with van der Waals surface area (Å²) in [6.45, 7) is 0.394. The molecule has 1 N–H and O–H groups in total. The first-order valence-electron chi connectivity index (χ1n) is 12.0. The molecule has 204 valence electrons. The maximum atomic E-state index is 13.5. The van der Waals surface area contributed by atoms with Gasteiger partial charge in [0.05, 0.1) is 38.1 Å². The summed E-state index contributed by atoms with van der Waals surface area (Å²) < 4.78 is 40.7. The van der Waals surface area contributed by atoms with Crippen molar-refractivity contribution in [2.45, 2.75) is 32.0 Å². The highest BCUT2D eigenvalue weighted by atomic mass is 19.3. The summed E-state index contributed by atoms with van der Waals surface area (Å²) in [6.07, 6.45) is 6.01. The molecule has 1 aliphatic rings. The number of methoxy groups -OCH3 is 2. The van der Waals surface area contributed by atoms with Gasteiger partial charge < -0.3 is 19.7 Å². The lowest BCUT2D eigenvalue weighted by atomic mass is 10.1. The second-order valence-electron chi connectivity index (χ2n) is 8.97. The molecule has 0 saturated carbocycles. The standard InChI is InChI=1S/C24H26F2N10O3/c1-38-13-20-19(22(37)27-10-17-7-18(39-2)3-4-21(17)36-15-30-32-33-36)12-35(31-20)11-16-8-28-23(29-9-16)34-6-5-24(25,26)14-34/h3-4,7-9,12,15H,5-6,10-11,13-14H2,1-2H3,(H,27,37). The predicted molar refractivity (Wildman–Crippen MR) is 133 cm³/mol. The maximum absolute atomic E-state index is 13.5. The molecular formula is C24H26F2N10O3. The molecule has 0 aliphatic carbocycles. The van der Waals surface area contributed by atoms with Crippen LogP contribution in [0.5, 0.6) is 5.75 Å². The van der Waals surface area contributed by atoms with Crippen LogP contribution in [0.15, 0.2) is 43.1 Å². The molecule has 0 atom stereocenters. The SMILES string of the molecule is COCc1nn(Cc2cnc(N3CCC(F)(F)C3)nc2)cc1C(=O)NCc1cc(OC)ccc1-n1cnnn1. The number of halogens is 2. The fraction of sp³-hybridized carbons (Fsp3) is 0.375. The molecule has 0 spiro atoms. The quantitative estimate of drug-likeness (QED) is 0.316. The van der Waals surface area contributed by atoms with Gasteiger partial charge in [-0.15, -0.1) is 5.10 Å². The van der Waals surface area contributed by atoms with Crippen molar-refractivity contribution in [1.82, 2.24) is 45.3 Å². The van der Waals surface area contributed by atoms with E-state index in [9.17, 15) is 13.6 Å². The molecule has 4 heterocycles. The number of aromatic nitrogens is 8. The summed E-state index contributed by atoms with van der Waals surface area (Å²) in [5, 5.41) is 18.7. The Balaban J connectivity index is 1.29. The molecule has 1 fully saturated rings. The lowest BCUT2D eigenvalue weighted by Crippen LogP contribution is -2.26. The largest absolute Gasteiger partial charge is 0.497 e. The number of rotatable bonds is 10. The van der Waals surface area contributed by atoms with Gasteiger partial charge in [-0.25, -0.2) is 23.4 Å². The van der Waals surface area contributed by atoms with Crippen molar-refractivity contribution in [3.8, 4) is 11.4 Å². The van der Waals surface area contributed by atoms with Gasteiger partial charge in [0.2, 0.25) is 5.95 Å². The van der Waals surface area contributed by atoms with Crippen molar-refractivity contribution in [3.63, 3.8) is 0 Å². The second-order valence-corrected chi connectivity index (χ2v) is 8.97. The van der Waals surface area contributed by atoms with Crippen LogP contribution in [-0.2, 0) is 24.4 Å². The molecule has 4 aromatic rings. The van der Waals surface area contributed by atoms with E-state index in [1.807, 2.05) is 0 Å². The summed E-state index contributed by atoms with van der Waals surface area (Å²) in [4.78, 5) is 23.1. The highest BCUT2D eigenvalue weighted by molar-refractivity contribution is 5.95. The Bertz CT molecular complexity index is 1430. The summed E-state index contributed by atoms with van der Waals surface area (Å²) in [5.74, 6) is -2.20. The Hall–Kier alpha value is -4.53. The summed E-state index contributed by atoms with van der Waals surface area (Å²) >= 11 is 0. The lowest BCUT2D eigenvalue weighted by molar-refractivity contribution is 0.0256. The fourth-order valence-corrected chi connectivity index (χ4v) is 4.26. The maximum Gasteiger partial charge on any atom is 0.267 e. The number of alkyl halides is 2. The van der Waals surface area contributed by atoms with Crippen molar-refractivity contribution < 1.29 is 23.0 Å². The first-order valence-corrected chi connectivity index (χ1v) is 12.0. The molecule has 3 aromatic heterocycles. The van der Waals surface area contributed by atoms with Gasteiger partial charge in [-0.1, -0.05) is 0 Å². The zero-order chi connectivity index (χ0) is 27.4. The van der Waals surface area contributed by atoms with E-state index in [4.69, 9.17) is 9.47 Å². The third-order valence-corrected chi connectivity index (χ3v) is 6.17. The molecule has 1 saturated heterocycles. The van der Waals surface area contributed by atoms with Gasteiger partial charge in [-0.05, 0) is 28.6 Å². The summed E-state index contributed by atoms with van der Waals surface area (Å²) in [6, 6.07) is 5.37. The van der Waals surface area contributed by atoms with Crippen molar-refractivity contribution in [3.05, 3.63) is 65.5 Å². The van der Waals surface area contributed by atoms with E-state index in [1.165, 1.54) is 23.0 Å². The number of ether oxygens (including phenoxy) is 2. The predicted octanol–water partition coefficient (Wildman–Crippen LogP) is 1.63. The van der Waals surface area contributed by atoms with E-state index in [0.717, 1.165) is 5.56 Å². The molecule has 0 unspecified atom stereocenters. The minimum absolute atomic E-state index is 0.128. The smallest absolute Gasteiger partial charge is 0.267 e. The molecule has 0 radical (unpaired) electrons. The highest BCUT2D eigenvalue weighted by Gasteiger charge is 2.39. The van der Waals surface area contributed by atoms with Crippen LogP contribution < -0.4 is 15.0 Å². The Labute approximate surface area is 221 Å². The minimum atomic E-state index is -2.73. The van der Waals surface area contributed by atoms with E-state index in [1.54, 1.807) is 48.6 Å². The Morgan fingerprint density at radius 3 is 2.69 bits per heavy atom. The van der Waals surface area contributed by atoms with Crippen LogP contribution in [0.25, 0.3) is 5.69 Å². The van der Waals surface area contributed by atoms with Gasteiger partial charge >= 0.3 is 0 Å². The van der Waals surface area contributed by atoms with Crippen LogP contribution in [0.3, 0.4) is 0 Å². The van der Waals surface area contributed by atoms with Crippen LogP contribution in [0.2, 0.25) is 0 Å². The average Bonchev–Trinajstić information content (AvgIpc) is 3.68. The number of amides is 1. The molecule has 5 rings (SSSR count). The van der Waals surface area contributed by atoms with Crippen LogP contribution in [0.1, 0.15) is 33.6 Å². The summed E-state index contributed by atoms with van der Waals surface area (Å²) in [5.41, 5.74) is 2.93. The van der Waals surface area contributed by atoms with E-state index in [-0.39, 0.29) is 44.5 Å². The molecule has 15 heteroatoms. The van der Waals surface area contributed by atoms with Crippen molar-refractivity contribution >= 4 is 11.9 Å².